The van der Waals surface area contributed by atoms with Gasteiger partial charge < -0.3 is 4.42 Å². The highest BCUT2D eigenvalue weighted by atomic mass is 16.4. The van der Waals surface area contributed by atoms with E-state index in [1.807, 2.05) is 31.2 Å². The zero-order valence-corrected chi connectivity index (χ0v) is 10.5. The molecule has 0 aliphatic heterocycles. The van der Waals surface area contributed by atoms with Crippen LogP contribution in [0.5, 0.6) is 0 Å². The van der Waals surface area contributed by atoms with Gasteiger partial charge in [-0.1, -0.05) is 12.1 Å². The Balaban J connectivity index is 1.81. The number of para-hydroxylation sites is 2. The van der Waals surface area contributed by atoms with Crippen LogP contribution in [0.2, 0.25) is 0 Å². The predicted octanol–water partition coefficient (Wildman–Crippen LogP) is 1.71. The van der Waals surface area contributed by atoms with E-state index in [1.165, 1.54) is 4.52 Å². The molecule has 4 aromatic rings. The number of aromatic nitrogens is 6. The van der Waals surface area contributed by atoms with Crippen molar-refractivity contribution >= 4 is 28.7 Å². The lowest BCUT2D eigenvalue weighted by atomic mass is 10.3. The molecule has 0 saturated heterocycles. The van der Waals surface area contributed by atoms with Gasteiger partial charge in [-0.25, -0.2) is 4.98 Å². The molecule has 0 spiro atoms. The molecule has 0 amide bonds. The molecule has 0 aliphatic rings. The van der Waals surface area contributed by atoms with Crippen LogP contribution in [0.25, 0.3) is 16.7 Å². The number of benzene rings is 1. The Bertz CT molecular complexity index is 877. The van der Waals surface area contributed by atoms with E-state index in [1.54, 1.807) is 6.07 Å². The van der Waals surface area contributed by atoms with E-state index in [2.05, 4.69) is 30.8 Å². The van der Waals surface area contributed by atoms with Crippen molar-refractivity contribution in [2.24, 2.45) is 0 Å². The Morgan fingerprint density at radius 1 is 1.20 bits per heavy atom. The molecule has 0 fully saturated rings. The van der Waals surface area contributed by atoms with Gasteiger partial charge in [0.15, 0.2) is 11.2 Å². The number of hydrogen-bond donors (Lipinski definition) is 1. The van der Waals surface area contributed by atoms with Gasteiger partial charge in [-0.3, -0.25) is 5.32 Å². The molecule has 4 rings (SSSR count). The maximum atomic E-state index is 5.59. The first-order valence-electron chi connectivity index (χ1n) is 5.98. The molecule has 1 aromatic carbocycles. The van der Waals surface area contributed by atoms with Gasteiger partial charge in [0, 0.05) is 11.8 Å². The molecule has 3 heterocycles. The van der Waals surface area contributed by atoms with Gasteiger partial charge >= 0.3 is 6.01 Å². The van der Waals surface area contributed by atoms with Crippen molar-refractivity contribution in [3.63, 3.8) is 0 Å². The van der Waals surface area contributed by atoms with Crippen molar-refractivity contribution in [2.45, 2.75) is 6.92 Å². The summed E-state index contributed by atoms with van der Waals surface area (Å²) < 4.78 is 7.08. The minimum Gasteiger partial charge on any atom is -0.423 e. The van der Waals surface area contributed by atoms with E-state index in [4.69, 9.17) is 4.42 Å². The topological polar surface area (TPSA) is 94.0 Å². The fourth-order valence-corrected chi connectivity index (χ4v) is 1.97. The summed E-state index contributed by atoms with van der Waals surface area (Å²) in [5.74, 6) is 0.455. The molecule has 3 aromatic heterocycles. The van der Waals surface area contributed by atoms with Gasteiger partial charge in [-0.2, -0.15) is 9.50 Å². The number of anilines is 2. The lowest BCUT2D eigenvalue weighted by Gasteiger charge is -2.03. The van der Waals surface area contributed by atoms with Gasteiger partial charge in [0.1, 0.15) is 5.52 Å². The monoisotopic (exact) mass is 267 g/mol. The van der Waals surface area contributed by atoms with Crippen LogP contribution in [0.4, 0.5) is 12.0 Å². The molecule has 0 bridgehead atoms. The Labute approximate surface area is 112 Å². The van der Waals surface area contributed by atoms with E-state index in [0.29, 0.717) is 23.2 Å². The van der Waals surface area contributed by atoms with Gasteiger partial charge in [-0.05, 0) is 29.5 Å². The van der Waals surface area contributed by atoms with Crippen molar-refractivity contribution in [2.75, 3.05) is 5.32 Å². The lowest BCUT2D eigenvalue weighted by Crippen LogP contribution is -2.04. The first kappa shape index (κ1) is 10.9. The fraction of sp³-hybridized carbons (Fsp3) is 0.0833. The largest absolute Gasteiger partial charge is 0.423 e. The second-order valence-electron chi connectivity index (χ2n) is 4.28. The summed E-state index contributed by atoms with van der Waals surface area (Å²) in [5.41, 5.74) is 2.88. The third-order valence-corrected chi connectivity index (χ3v) is 2.83. The summed E-state index contributed by atoms with van der Waals surface area (Å²) in [7, 11) is 0. The summed E-state index contributed by atoms with van der Waals surface area (Å²) in [6.45, 7) is 1.87. The van der Waals surface area contributed by atoms with E-state index in [0.717, 1.165) is 11.2 Å². The van der Waals surface area contributed by atoms with Gasteiger partial charge in [0.25, 0.3) is 0 Å². The van der Waals surface area contributed by atoms with Crippen LogP contribution < -0.4 is 5.32 Å². The van der Waals surface area contributed by atoms with E-state index in [-0.39, 0.29) is 0 Å². The van der Waals surface area contributed by atoms with Gasteiger partial charge in [0.2, 0.25) is 5.95 Å². The second kappa shape index (κ2) is 3.98. The predicted molar refractivity (Wildman–Crippen MR) is 70.6 cm³/mol. The summed E-state index contributed by atoms with van der Waals surface area (Å²) in [6, 6.07) is 9.66. The highest BCUT2D eigenvalue weighted by Gasteiger charge is 2.11. The number of tetrazole rings is 1. The van der Waals surface area contributed by atoms with Crippen molar-refractivity contribution < 1.29 is 4.42 Å². The molecule has 8 nitrogen and oxygen atoms in total. The third kappa shape index (κ3) is 1.66. The van der Waals surface area contributed by atoms with Crippen molar-refractivity contribution in [3.05, 3.63) is 36.0 Å². The highest BCUT2D eigenvalue weighted by Crippen LogP contribution is 2.21. The molecular formula is C12H9N7O. The maximum Gasteiger partial charge on any atom is 0.302 e. The molecule has 0 radical (unpaired) electrons. The number of nitrogens with zero attached hydrogens (tertiary/aromatic N) is 6. The Hall–Kier alpha value is -3.03. The lowest BCUT2D eigenvalue weighted by molar-refractivity contribution is 0.620. The first-order valence-corrected chi connectivity index (χ1v) is 5.98. The molecule has 20 heavy (non-hydrogen) atoms. The smallest absolute Gasteiger partial charge is 0.302 e. The summed E-state index contributed by atoms with van der Waals surface area (Å²) in [5, 5.41) is 14.4. The highest BCUT2D eigenvalue weighted by molar-refractivity contribution is 5.74. The molecule has 98 valence electrons. The summed E-state index contributed by atoms with van der Waals surface area (Å²) in [4.78, 5) is 8.68. The fourth-order valence-electron chi connectivity index (χ4n) is 1.97. The molecular weight excluding hydrogens is 258 g/mol. The summed E-state index contributed by atoms with van der Waals surface area (Å²) >= 11 is 0. The number of oxazole rings is 1. The number of nitrogens with one attached hydrogen (secondary N) is 1. The van der Waals surface area contributed by atoms with Crippen LogP contribution in [0, 0.1) is 6.92 Å². The normalized spacial score (nSPS) is 11.2. The Kier molecular flexibility index (Phi) is 2.16. The quantitative estimate of drug-likeness (QED) is 0.590. The van der Waals surface area contributed by atoms with Crippen LogP contribution in [0.15, 0.2) is 34.7 Å². The van der Waals surface area contributed by atoms with Crippen LogP contribution in [-0.2, 0) is 0 Å². The number of hydrogen-bond acceptors (Lipinski definition) is 7. The van der Waals surface area contributed by atoms with Gasteiger partial charge in [-0.15, -0.1) is 5.10 Å². The Morgan fingerprint density at radius 2 is 2.10 bits per heavy atom. The minimum atomic E-state index is 0.348. The van der Waals surface area contributed by atoms with Gasteiger partial charge in [0.05, 0.1) is 0 Å². The molecule has 1 N–H and O–H groups in total. The zero-order chi connectivity index (χ0) is 13.5. The average molecular weight is 267 g/mol. The molecule has 0 atom stereocenters. The average Bonchev–Trinajstić information content (AvgIpc) is 3.03. The van der Waals surface area contributed by atoms with E-state index in [9.17, 15) is 0 Å². The number of fused-ring (bicyclic) bond motifs is 2. The number of aryl methyl sites for hydroxylation is 1. The van der Waals surface area contributed by atoms with Crippen molar-refractivity contribution in [3.8, 4) is 0 Å². The van der Waals surface area contributed by atoms with Crippen LogP contribution >= 0.6 is 0 Å². The van der Waals surface area contributed by atoms with Crippen LogP contribution in [0.1, 0.15) is 5.69 Å². The minimum absolute atomic E-state index is 0.348. The van der Waals surface area contributed by atoms with E-state index < -0.39 is 0 Å². The zero-order valence-electron chi connectivity index (χ0n) is 10.5. The standard InChI is InChI=1S/C12H9N7O/c1-7-6-10-16-17-18-19(10)11(13-7)15-12-14-8-4-2-3-5-9(8)20-12/h2-6H,1H3,(H,13,14,15). The molecule has 0 aliphatic carbocycles. The Morgan fingerprint density at radius 3 is 3.00 bits per heavy atom. The third-order valence-electron chi connectivity index (χ3n) is 2.83. The van der Waals surface area contributed by atoms with Crippen LogP contribution in [0.3, 0.4) is 0 Å². The SMILES string of the molecule is Cc1cc2nnnn2c(Nc2nc3ccccc3o2)n1. The van der Waals surface area contributed by atoms with E-state index >= 15 is 0 Å². The maximum absolute atomic E-state index is 5.59. The second-order valence-corrected chi connectivity index (χ2v) is 4.28. The van der Waals surface area contributed by atoms with Crippen molar-refractivity contribution in [1.29, 1.82) is 0 Å². The first-order chi connectivity index (χ1) is 9.79. The van der Waals surface area contributed by atoms with Crippen LogP contribution in [-0.4, -0.2) is 30.0 Å². The van der Waals surface area contributed by atoms with Crippen molar-refractivity contribution in [1.82, 2.24) is 30.0 Å². The number of rotatable bonds is 2. The molecule has 8 heteroatoms. The summed E-state index contributed by atoms with van der Waals surface area (Å²) in [6.07, 6.45) is 0. The molecule has 0 saturated carbocycles. The molecule has 0 unspecified atom stereocenters.